The topological polar surface area (TPSA) is 155 Å². The van der Waals surface area contributed by atoms with Gasteiger partial charge in [0.1, 0.15) is 18.2 Å². The van der Waals surface area contributed by atoms with Crippen molar-refractivity contribution in [2.24, 2.45) is 11.8 Å². The summed E-state index contributed by atoms with van der Waals surface area (Å²) in [6.07, 6.45) is 6.96. The summed E-state index contributed by atoms with van der Waals surface area (Å²) >= 11 is 12.4. The average molecular weight is 801 g/mol. The predicted octanol–water partition coefficient (Wildman–Crippen LogP) is 6.64. The van der Waals surface area contributed by atoms with Crippen LogP contribution in [0.1, 0.15) is 78.5 Å². The Kier molecular flexibility index (Phi) is 16.6. The number of methoxy groups -OCH3 is 1. The average Bonchev–Trinajstić information content (AvgIpc) is 3.13. The van der Waals surface area contributed by atoms with Gasteiger partial charge in [0, 0.05) is 32.1 Å². The van der Waals surface area contributed by atoms with Gasteiger partial charge in [0.25, 0.3) is 0 Å². The molecule has 3 rings (SSSR count). The molecule has 55 heavy (non-hydrogen) atoms. The van der Waals surface area contributed by atoms with Crippen LogP contribution in [0.3, 0.4) is 0 Å². The number of amides is 3. The zero-order valence-electron chi connectivity index (χ0n) is 33.1. The van der Waals surface area contributed by atoms with Crippen molar-refractivity contribution in [3.8, 4) is 5.75 Å². The first-order valence-electron chi connectivity index (χ1n) is 18.4. The molecule has 0 fully saturated rings. The Morgan fingerprint density at radius 3 is 2.22 bits per heavy atom. The Labute approximate surface area is 334 Å². The molecule has 0 aromatic heterocycles. The molecule has 0 radical (unpaired) electrons. The minimum atomic E-state index is -1.83. The summed E-state index contributed by atoms with van der Waals surface area (Å²) in [5.41, 5.74) is 0.543. The van der Waals surface area contributed by atoms with E-state index >= 15 is 0 Å². The molecule has 7 atom stereocenters. The minimum Gasteiger partial charge on any atom is -0.505 e. The molecule has 0 saturated heterocycles. The number of hydrogen-bond donors (Lipinski definition) is 4. The number of cyclic esters (lactones) is 1. The highest BCUT2D eigenvalue weighted by molar-refractivity contribution is 6.37. The zero-order valence-corrected chi connectivity index (χ0v) is 34.6. The molecule has 13 heteroatoms. The number of aliphatic hydroxyl groups is 1. The van der Waals surface area contributed by atoms with Gasteiger partial charge >= 0.3 is 5.97 Å². The van der Waals surface area contributed by atoms with Gasteiger partial charge < -0.3 is 35.2 Å². The van der Waals surface area contributed by atoms with E-state index in [1.165, 1.54) is 37.9 Å². The number of likely N-dealkylation sites (N-methyl/N-ethyl adjacent to an activating group) is 1. The van der Waals surface area contributed by atoms with Crippen molar-refractivity contribution in [1.82, 2.24) is 15.5 Å². The van der Waals surface area contributed by atoms with Gasteiger partial charge in [-0.15, -0.1) is 0 Å². The second-order valence-corrected chi connectivity index (χ2v) is 15.6. The van der Waals surface area contributed by atoms with Gasteiger partial charge in [-0.25, -0.2) is 4.79 Å². The lowest BCUT2D eigenvalue weighted by Crippen LogP contribution is -2.61. The molecule has 4 N–H and O–H groups in total. The number of carbonyl (C=O) groups excluding carboxylic acids is 4. The van der Waals surface area contributed by atoms with E-state index in [1.807, 2.05) is 76.3 Å². The molecule has 2 aromatic carbocycles. The van der Waals surface area contributed by atoms with Crippen molar-refractivity contribution in [3.63, 3.8) is 0 Å². The van der Waals surface area contributed by atoms with Crippen LogP contribution < -0.4 is 10.6 Å². The van der Waals surface area contributed by atoms with E-state index in [0.29, 0.717) is 29.5 Å². The molecule has 300 valence electrons. The van der Waals surface area contributed by atoms with Crippen LogP contribution in [-0.4, -0.2) is 82.8 Å². The number of hydrogen-bond acceptors (Lipinski definition) is 8. The highest BCUT2D eigenvalue weighted by Crippen LogP contribution is 2.33. The molecule has 1 aliphatic rings. The zero-order chi connectivity index (χ0) is 41.2. The van der Waals surface area contributed by atoms with Gasteiger partial charge in [-0.1, -0.05) is 105 Å². The first kappa shape index (κ1) is 45.2. The van der Waals surface area contributed by atoms with Crippen LogP contribution in [0.4, 0.5) is 0 Å². The molecule has 0 aliphatic carbocycles. The molecule has 1 heterocycles. The molecule has 2 aromatic rings. The minimum absolute atomic E-state index is 0.0730. The Balaban J connectivity index is 2.21. The van der Waals surface area contributed by atoms with E-state index in [0.717, 1.165) is 5.57 Å². The first-order chi connectivity index (χ1) is 25.8. The molecule has 0 bridgehead atoms. The predicted molar refractivity (Wildman–Crippen MR) is 215 cm³/mol. The summed E-state index contributed by atoms with van der Waals surface area (Å²) in [6, 6.07) is 7.97. The Bertz CT molecular complexity index is 1750. The lowest BCUT2D eigenvalue weighted by Gasteiger charge is -2.34. The highest BCUT2D eigenvalue weighted by atomic mass is 35.5. The summed E-state index contributed by atoms with van der Waals surface area (Å²) in [6.45, 7) is 11.9. The van der Waals surface area contributed by atoms with Crippen molar-refractivity contribution in [2.45, 2.75) is 104 Å². The summed E-state index contributed by atoms with van der Waals surface area (Å²) in [5.74, 6) is -3.80. The van der Waals surface area contributed by atoms with Crippen molar-refractivity contribution in [3.05, 3.63) is 99.1 Å². The molecule has 1 aliphatic heterocycles. The van der Waals surface area contributed by atoms with Gasteiger partial charge in [0.15, 0.2) is 11.8 Å². The van der Waals surface area contributed by atoms with E-state index in [2.05, 4.69) is 10.6 Å². The molecular formula is C42H55Cl2N3O8. The smallest absolute Gasteiger partial charge is 0.332 e. The number of nitrogens with one attached hydrogen (secondary N) is 2. The van der Waals surface area contributed by atoms with E-state index in [-0.39, 0.29) is 46.1 Å². The maximum Gasteiger partial charge on any atom is 0.332 e. The second kappa shape index (κ2) is 20.1. The normalized spacial score (nSPS) is 27.3. The standard InChI is InChI=1S/C42H55Cl2N3O8/c1-10-24(2)34-39(50)45-32(23-28-21-30(43)35(48)31(44)22-28)38(49)46-37(42(6,7)53)41(52)55-36(29-17-12-11-13-18-29)26(4)16-14-15-25(3)33(54-9)20-19-27(5)40(51)47(34)8/h11-19,21-22,24,26,32-34,36-37,48,53H,10,20,23H2,1-9H3,(H,45,50)(H,46,49)/b16-14+,25-15+,27-19+/t24-,26+,32?,33+,34-,36-,37+/m0/s1. The third-order valence-electron chi connectivity index (χ3n) is 9.96. The molecule has 3 amide bonds. The van der Waals surface area contributed by atoms with Crippen LogP contribution in [0.15, 0.2) is 77.9 Å². The number of phenols is 1. The van der Waals surface area contributed by atoms with Gasteiger partial charge in [-0.3, -0.25) is 14.4 Å². The van der Waals surface area contributed by atoms with Crippen molar-refractivity contribution in [2.75, 3.05) is 14.2 Å². The molecule has 11 nitrogen and oxygen atoms in total. The van der Waals surface area contributed by atoms with Gasteiger partial charge in [0.05, 0.1) is 21.8 Å². The second-order valence-electron chi connectivity index (χ2n) is 14.8. The van der Waals surface area contributed by atoms with Crippen LogP contribution in [0.2, 0.25) is 10.0 Å². The summed E-state index contributed by atoms with van der Waals surface area (Å²) in [5, 5.41) is 26.8. The lowest BCUT2D eigenvalue weighted by atomic mass is 9.94. The highest BCUT2D eigenvalue weighted by Gasteiger charge is 2.41. The number of rotatable bonds is 7. The van der Waals surface area contributed by atoms with Crippen molar-refractivity contribution >= 4 is 46.9 Å². The van der Waals surface area contributed by atoms with Crippen LogP contribution >= 0.6 is 23.2 Å². The van der Waals surface area contributed by atoms with Crippen molar-refractivity contribution in [1.29, 1.82) is 0 Å². The molecule has 0 spiro atoms. The van der Waals surface area contributed by atoms with E-state index in [9.17, 15) is 29.4 Å². The Morgan fingerprint density at radius 2 is 1.65 bits per heavy atom. The molecule has 0 saturated carbocycles. The van der Waals surface area contributed by atoms with Crippen LogP contribution in [0.25, 0.3) is 0 Å². The fraction of sp³-hybridized carbons (Fsp3) is 0.476. The number of benzene rings is 2. The SMILES string of the molecule is CC[C@H](C)[C@H]1C(=O)NC(Cc2cc(Cl)c(O)c(Cl)c2)C(=O)N[C@@H](C(C)(C)O)C(=O)O[C@H](c2ccccc2)[C@H](C)/C=C/C=C(\C)[C@H](OC)C/C=C(\C)C(=O)N1C. The maximum atomic E-state index is 14.3. The largest absolute Gasteiger partial charge is 0.505 e. The number of phenolic OH excluding ortho intramolecular Hbond substituents is 1. The number of esters is 1. The third kappa shape index (κ3) is 12.2. The lowest BCUT2D eigenvalue weighted by molar-refractivity contribution is -0.162. The Morgan fingerprint density at radius 1 is 1.04 bits per heavy atom. The number of allylic oxidation sites excluding steroid dienone is 2. The monoisotopic (exact) mass is 799 g/mol. The first-order valence-corrected chi connectivity index (χ1v) is 19.1. The number of carbonyl (C=O) groups is 4. The van der Waals surface area contributed by atoms with Gasteiger partial charge in [-0.2, -0.15) is 0 Å². The van der Waals surface area contributed by atoms with Crippen LogP contribution in [0.5, 0.6) is 5.75 Å². The van der Waals surface area contributed by atoms with Crippen LogP contribution in [-0.2, 0) is 35.1 Å². The number of aromatic hydroxyl groups is 1. The summed E-state index contributed by atoms with van der Waals surface area (Å²) in [4.78, 5) is 57.8. The number of ether oxygens (including phenoxy) is 2. The fourth-order valence-corrected chi connectivity index (χ4v) is 6.93. The third-order valence-corrected chi connectivity index (χ3v) is 10.5. The number of nitrogens with zero attached hydrogens (tertiary/aromatic N) is 1. The van der Waals surface area contributed by atoms with Gasteiger partial charge in [-0.05, 0) is 68.9 Å². The molecular weight excluding hydrogens is 745 g/mol. The number of halogens is 2. The fourth-order valence-electron chi connectivity index (χ4n) is 6.39. The maximum absolute atomic E-state index is 14.3. The van der Waals surface area contributed by atoms with E-state index in [4.69, 9.17) is 32.7 Å². The summed E-state index contributed by atoms with van der Waals surface area (Å²) < 4.78 is 11.9. The Hall–Kier alpha value is -4.16. The van der Waals surface area contributed by atoms with E-state index < -0.39 is 47.6 Å². The summed E-state index contributed by atoms with van der Waals surface area (Å²) in [7, 11) is 3.13. The van der Waals surface area contributed by atoms with Crippen LogP contribution in [0, 0.1) is 11.8 Å². The quantitative estimate of drug-likeness (QED) is 0.227. The van der Waals surface area contributed by atoms with Crippen molar-refractivity contribution < 1.29 is 38.9 Å². The van der Waals surface area contributed by atoms with E-state index in [1.54, 1.807) is 20.1 Å². The molecule has 1 unspecified atom stereocenters. The van der Waals surface area contributed by atoms with Gasteiger partial charge in [0.2, 0.25) is 17.7 Å².